The smallest absolute Gasteiger partial charge is 0.243 e. The predicted molar refractivity (Wildman–Crippen MR) is 105 cm³/mol. The average Bonchev–Trinajstić information content (AvgIpc) is 2.61. The first-order chi connectivity index (χ1) is 13.2. The molecule has 1 aliphatic heterocycles. The standard InChI is InChI=1S/C19H23NO6S2/c1-4-26-19-10-9-17(11-14(19)2)28(23,24)20-12-18(13-20)27(21,22)16-7-5-15(25-3)6-8-16/h5-11,18H,4,12-13H2,1-3H3. The van der Waals surface area contributed by atoms with Crippen LogP contribution in [0.15, 0.2) is 52.3 Å². The van der Waals surface area contributed by atoms with Crippen LogP contribution in [0.3, 0.4) is 0 Å². The summed E-state index contributed by atoms with van der Waals surface area (Å²) < 4.78 is 62.7. The van der Waals surface area contributed by atoms with Gasteiger partial charge in [0, 0.05) is 13.1 Å². The van der Waals surface area contributed by atoms with Gasteiger partial charge in [-0.2, -0.15) is 4.31 Å². The lowest BCUT2D eigenvalue weighted by Gasteiger charge is -2.37. The summed E-state index contributed by atoms with van der Waals surface area (Å²) in [5.74, 6) is 1.19. The summed E-state index contributed by atoms with van der Waals surface area (Å²) in [5, 5.41) is -0.764. The highest BCUT2D eigenvalue weighted by Crippen LogP contribution is 2.31. The first kappa shape index (κ1) is 20.6. The topological polar surface area (TPSA) is 90.0 Å². The van der Waals surface area contributed by atoms with E-state index in [1.165, 1.54) is 29.6 Å². The molecule has 0 atom stereocenters. The van der Waals surface area contributed by atoms with Crippen molar-refractivity contribution in [3.05, 3.63) is 48.0 Å². The van der Waals surface area contributed by atoms with E-state index in [1.54, 1.807) is 31.2 Å². The molecular formula is C19H23NO6S2. The molecule has 2 aromatic rings. The zero-order chi connectivity index (χ0) is 20.5. The highest BCUT2D eigenvalue weighted by molar-refractivity contribution is 7.92. The van der Waals surface area contributed by atoms with E-state index in [-0.39, 0.29) is 22.9 Å². The molecule has 3 rings (SSSR count). The molecule has 0 aromatic heterocycles. The lowest BCUT2D eigenvalue weighted by Crippen LogP contribution is -2.56. The summed E-state index contributed by atoms with van der Waals surface area (Å²) in [6.07, 6.45) is 0. The molecule has 0 radical (unpaired) electrons. The maximum absolute atomic E-state index is 12.8. The highest BCUT2D eigenvalue weighted by Gasteiger charge is 2.44. The fourth-order valence-electron chi connectivity index (χ4n) is 3.00. The van der Waals surface area contributed by atoms with Crippen molar-refractivity contribution in [1.29, 1.82) is 0 Å². The fourth-order valence-corrected chi connectivity index (χ4v) is 6.46. The third-order valence-electron chi connectivity index (χ3n) is 4.73. The van der Waals surface area contributed by atoms with Crippen molar-refractivity contribution in [3.63, 3.8) is 0 Å². The van der Waals surface area contributed by atoms with Gasteiger partial charge in [-0.1, -0.05) is 0 Å². The van der Waals surface area contributed by atoms with Gasteiger partial charge in [-0.25, -0.2) is 16.8 Å². The Kier molecular flexibility index (Phi) is 5.69. The molecular weight excluding hydrogens is 402 g/mol. The van der Waals surface area contributed by atoms with Gasteiger partial charge < -0.3 is 9.47 Å². The molecule has 1 fully saturated rings. The number of aryl methyl sites for hydroxylation is 1. The summed E-state index contributed by atoms with van der Waals surface area (Å²) in [7, 11) is -5.85. The molecule has 0 aliphatic carbocycles. The second kappa shape index (κ2) is 7.73. The molecule has 0 unspecified atom stereocenters. The minimum Gasteiger partial charge on any atom is -0.497 e. The SMILES string of the molecule is CCOc1ccc(S(=O)(=O)N2CC(S(=O)(=O)c3ccc(OC)cc3)C2)cc1C. The minimum absolute atomic E-state index is 0.0665. The van der Waals surface area contributed by atoms with Gasteiger partial charge in [0.15, 0.2) is 9.84 Å². The zero-order valence-corrected chi connectivity index (χ0v) is 17.6. The van der Waals surface area contributed by atoms with E-state index >= 15 is 0 Å². The monoisotopic (exact) mass is 425 g/mol. The molecule has 0 saturated carbocycles. The van der Waals surface area contributed by atoms with Gasteiger partial charge in [-0.15, -0.1) is 0 Å². The maximum Gasteiger partial charge on any atom is 0.243 e. The normalized spacial score (nSPS) is 15.8. The van der Waals surface area contributed by atoms with Crippen LogP contribution in [0.5, 0.6) is 11.5 Å². The van der Waals surface area contributed by atoms with Crippen LogP contribution < -0.4 is 9.47 Å². The van der Waals surface area contributed by atoms with Crippen molar-refractivity contribution in [1.82, 2.24) is 4.31 Å². The molecule has 1 heterocycles. The largest absolute Gasteiger partial charge is 0.497 e. The number of sulfone groups is 1. The molecule has 28 heavy (non-hydrogen) atoms. The number of nitrogens with zero attached hydrogens (tertiary/aromatic N) is 1. The van der Waals surface area contributed by atoms with E-state index in [0.29, 0.717) is 23.7 Å². The van der Waals surface area contributed by atoms with Crippen molar-refractivity contribution in [3.8, 4) is 11.5 Å². The lowest BCUT2D eigenvalue weighted by atomic mass is 10.2. The second-order valence-corrected chi connectivity index (χ2v) is 10.7. The van der Waals surface area contributed by atoms with Crippen LogP contribution in [0.1, 0.15) is 12.5 Å². The van der Waals surface area contributed by atoms with Gasteiger partial charge in [-0.05, 0) is 61.9 Å². The number of rotatable bonds is 7. The van der Waals surface area contributed by atoms with E-state index in [1.807, 2.05) is 6.92 Å². The van der Waals surface area contributed by atoms with Crippen LogP contribution in [0, 0.1) is 6.92 Å². The van der Waals surface area contributed by atoms with Gasteiger partial charge in [0.25, 0.3) is 0 Å². The maximum atomic E-state index is 12.8. The first-order valence-corrected chi connectivity index (χ1v) is 11.8. The molecule has 152 valence electrons. The van der Waals surface area contributed by atoms with Crippen molar-refractivity contribution in [2.24, 2.45) is 0 Å². The van der Waals surface area contributed by atoms with E-state index in [9.17, 15) is 16.8 Å². The van der Waals surface area contributed by atoms with Crippen LogP contribution in [-0.2, 0) is 19.9 Å². The number of hydrogen-bond donors (Lipinski definition) is 0. The summed E-state index contributed by atoms with van der Waals surface area (Å²) in [5.41, 5.74) is 0.714. The summed E-state index contributed by atoms with van der Waals surface area (Å²) >= 11 is 0. The van der Waals surface area contributed by atoms with Crippen LogP contribution in [0.2, 0.25) is 0 Å². The van der Waals surface area contributed by atoms with Gasteiger partial charge in [0.1, 0.15) is 11.5 Å². The molecule has 7 nitrogen and oxygen atoms in total. The quantitative estimate of drug-likeness (QED) is 0.676. The van der Waals surface area contributed by atoms with Gasteiger partial charge >= 0.3 is 0 Å². The predicted octanol–water partition coefficient (Wildman–Crippen LogP) is 2.25. The summed E-state index contributed by atoms with van der Waals surface area (Å²) in [6.45, 7) is 3.99. The minimum atomic E-state index is -3.75. The summed E-state index contributed by atoms with van der Waals surface area (Å²) in [4.78, 5) is 0.293. The molecule has 0 N–H and O–H groups in total. The Bertz CT molecular complexity index is 1060. The van der Waals surface area contributed by atoms with E-state index in [2.05, 4.69) is 0 Å². The number of hydrogen-bond acceptors (Lipinski definition) is 6. The third-order valence-corrected chi connectivity index (χ3v) is 8.66. The van der Waals surface area contributed by atoms with Crippen molar-refractivity contribution in [2.45, 2.75) is 28.9 Å². The lowest BCUT2D eigenvalue weighted by molar-refractivity contribution is 0.309. The summed E-state index contributed by atoms with van der Waals surface area (Å²) in [6, 6.07) is 10.7. The van der Waals surface area contributed by atoms with Gasteiger partial charge in [0.2, 0.25) is 10.0 Å². The average molecular weight is 426 g/mol. The Morgan fingerprint density at radius 1 is 1.00 bits per heavy atom. The van der Waals surface area contributed by atoms with Crippen LogP contribution in [0.25, 0.3) is 0 Å². The molecule has 1 saturated heterocycles. The second-order valence-electron chi connectivity index (χ2n) is 6.52. The van der Waals surface area contributed by atoms with Crippen LogP contribution in [-0.4, -0.2) is 53.2 Å². The first-order valence-electron chi connectivity index (χ1n) is 8.81. The Morgan fingerprint density at radius 2 is 1.61 bits per heavy atom. The molecule has 1 aliphatic rings. The van der Waals surface area contributed by atoms with Crippen LogP contribution in [0.4, 0.5) is 0 Å². The van der Waals surface area contributed by atoms with Gasteiger partial charge in [-0.3, -0.25) is 0 Å². The van der Waals surface area contributed by atoms with Crippen molar-refractivity contribution >= 4 is 19.9 Å². The number of benzene rings is 2. The molecule has 0 bridgehead atoms. The van der Waals surface area contributed by atoms with E-state index < -0.39 is 25.1 Å². The Morgan fingerprint density at radius 3 is 2.14 bits per heavy atom. The van der Waals surface area contributed by atoms with Crippen molar-refractivity contribution < 1.29 is 26.3 Å². The Balaban J connectivity index is 1.75. The molecule has 0 spiro atoms. The third kappa shape index (κ3) is 3.74. The highest BCUT2D eigenvalue weighted by atomic mass is 32.2. The van der Waals surface area contributed by atoms with E-state index in [0.717, 1.165) is 0 Å². The van der Waals surface area contributed by atoms with E-state index in [4.69, 9.17) is 9.47 Å². The molecule has 0 amide bonds. The van der Waals surface area contributed by atoms with Gasteiger partial charge in [0.05, 0.1) is 28.8 Å². The number of ether oxygens (including phenoxy) is 2. The molecule has 2 aromatic carbocycles. The zero-order valence-electron chi connectivity index (χ0n) is 16.0. The number of methoxy groups -OCH3 is 1. The Labute approximate surface area is 165 Å². The molecule has 9 heteroatoms. The number of sulfonamides is 1. The van der Waals surface area contributed by atoms with Crippen LogP contribution >= 0.6 is 0 Å². The Hall–Kier alpha value is -2.10. The van der Waals surface area contributed by atoms with Crippen molar-refractivity contribution in [2.75, 3.05) is 26.8 Å². The fraction of sp³-hybridized carbons (Fsp3) is 0.368.